The Hall–Kier alpha value is -2.95. The third-order valence-corrected chi connectivity index (χ3v) is 4.16. The van der Waals surface area contributed by atoms with Crippen LogP contribution in [0.1, 0.15) is 24.6 Å². The quantitative estimate of drug-likeness (QED) is 0.695. The highest BCUT2D eigenvalue weighted by molar-refractivity contribution is 5.78. The van der Waals surface area contributed by atoms with Crippen molar-refractivity contribution in [2.75, 3.05) is 0 Å². The van der Waals surface area contributed by atoms with Gasteiger partial charge in [0.2, 0.25) is 5.91 Å². The molecule has 0 spiro atoms. The van der Waals surface area contributed by atoms with Gasteiger partial charge < -0.3 is 9.84 Å². The zero-order valence-corrected chi connectivity index (χ0v) is 14.6. The first kappa shape index (κ1) is 17.9. The van der Waals surface area contributed by atoms with Crippen LogP contribution in [0.2, 0.25) is 0 Å². The lowest BCUT2D eigenvalue weighted by Crippen LogP contribution is -2.34. The monoisotopic (exact) mass is 352 g/mol. The molecule has 3 rings (SSSR count). The molecule has 1 N–H and O–H groups in total. The predicted molar refractivity (Wildman–Crippen MR) is 98.0 cm³/mol. The van der Waals surface area contributed by atoms with Crippen LogP contribution in [0.5, 0.6) is 0 Å². The fourth-order valence-electron chi connectivity index (χ4n) is 2.77. The minimum absolute atomic E-state index is 0.0562. The number of rotatable bonds is 7. The molecule has 0 saturated heterocycles. The zero-order valence-electron chi connectivity index (χ0n) is 14.6. The second-order valence-electron chi connectivity index (χ2n) is 6.33. The third-order valence-electron chi connectivity index (χ3n) is 4.16. The molecule has 1 heterocycles. The number of nitrogens with one attached hydrogen (secondary N) is 1. The average Bonchev–Trinajstić information content (AvgIpc) is 3.09. The van der Waals surface area contributed by atoms with E-state index < -0.39 is 0 Å². The van der Waals surface area contributed by atoms with E-state index >= 15 is 0 Å². The Morgan fingerprint density at radius 3 is 2.65 bits per heavy atom. The summed E-state index contributed by atoms with van der Waals surface area (Å²) >= 11 is 0. The fourth-order valence-corrected chi connectivity index (χ4v) is 2.77. The number of carbonyl (C=O) groups is 1. The molecule has 3 aromatic rings. The lowest BCUT2D eigenvalue weighted by molar-refractivity contribution is -0.121. The summed E-state index contributed by atoms with van der Waals surface area (Å²) in [4.78, 5) is 12.2. The van der Waals surface area contributed by atoms with E-state index in [4.69, 9.17) is 4.52 Å². The Balaban J connectivity index is 1.51. The molecular formula is C21H21FN2O2. The molecular weight excluding hydrogens is 331 g/mol. The molecule has 1 aromatic heterocycles. The van der Waals surface area contributed by atoms with Crippen LogP contribution in [0.3, 0.4) is 0 Å². The van der Waals surface area contributed by atoms with Crippen molar-refractivity contribution in [2.45, 2.75) is 32.2 Å². The van der Waals surface area contributed by atoms with Gasteiger partial charge in [0, 0.05) is 12.1 Å². The minimum Gasteiger partial charge on any atom is -0.356 e. The maximum atomic E-state index is 13.8. The summed E-state index contributed by atoms with van der Waals surface area (Å²) in [7, 11) is 0. The zero-order chi connectivity index (χ0) is 18.4. The Morgan fingerprint density at radius 1 is 1.15 bits per heavy atom. The normalized spacial score (nSPS) is 11.9. The number of aryl methyl sites for hydroxylation is 1. The Bertz CT molecular complexity index is 861. The van der Waals surface area contributed by atoms with Crippen molar-refractivity contribution in [1.82, 2.24) is 10.5 Å². The number of hydrogen-bond acceptors (Lipinski definition) is 3. The molecule has 134 valence electrons. The number of amides is 1. The molecule has 1 amide bonds. The summed E-state index contributed by atoms with van der Waals surface area (Å²) < 4.78 is 18.9. The Morgan fingerprint density at radius 2 is 1.88 bits per heavy atom. The lowest BCUT2D eigenvalue weighted by atomic mass is 10.1. The maximum absolute atomic E-state index is 13.8. The third kappa shape index (κ3) is 4.79. The summed E-state index contributed by atoms with van der Waals surface area (Å²) in [5.74, 6) is -0.184. The van der Waals surface area contributed by atoms with Crippen LogP contribution in [0, 0.1) is 5.82 Å². The summed E-state index contributed by atoms with van der Waals surface area (Å²) in [5.41, 5.74) is 2.07. The van der Waals surface area contributed by atoms with Gasteiger partial charge in [-0.05, 0) is 37.5 Å². The largest absolute Gasteiger partial charge is 0.356 e. The van der Waals surface area contributed by atoms with E-state index in [-0.39, 0.29) is 24.2 Å². The molecule has 26 heavy (non-hydrogen) atoms. The number of aromatic nitrogens is 1. The number of hydrogen-bond donors (Lipinski definition) is 1. The SMILES string of the molecule is CC(CCc1ccccc1)NC(=O)Cc1cc(-c2ccccc2F)on1. The van der Waals surface area contributed by atoms with E-state index in [2.05, 4.69) is 22.6 Å². The van der Waals surface area contributed by atoms with Gasteiger partial charge in [0.25, 0.3) is 0 Å². The van der Waals surface area contributed by atoms with Crippen molar-refractivity contribution in [3.63, 3.8) is 0 Å². The summed E-state index contributed by atoms with van der Waals surface area (Å²) in [5, 5.41) is 6.84. The maximum Gasteiger partial charge on any atom is 0.226 e. The smallest absolute Gasteiger partial charge is 0.226 e. The van der Waals surface area contributed by atoms with Crippen molar-refractivity contribution in [1.29, 1.82) is 0 Å². The molecule has 0 aliphatic heterocycles. The van der Waals surface area contributed by atoms with Gasteiger partial charge in [-0.25, -0.2) is 4.39 Å². The molecule has 0 fully saturated rings. The second kappa shape index (κ2) is 8.43. The highest BCUT2D eigenvalue weighted by Crippen LogP contribution is 2.23. The fraction of sp³-hybridized carbons (Fsp3) is 0.238. The number of carbonyl (C=O) groups excluding carboxylic acids is 1. The van der Waals surface area contributed by atoms with E-state index in [0.717, 1.165) is 12.8 Å². The molecule has 5 heteroatoms. The van der Waals surface area contributed by atoms with Crippen molar-refractivity contribution in [3.8, 4) is 11.3 Å². The van der Waals surface area contributed by atoms with Gasteiger partial charge >= 0.3 is 0 Å². The number of nitrogens with zero attached hydrogens (tertiary/aromatic N) is 1. The van der Waals surface area contributed by atoms with Crippen LogP contribution < -0.4 is 5.32 Å². The molecule has 0 bridgehead atoms. The molecule has 0 saturated carbocycles. The van der Waals surface area contributed by atoms with Crippen LogP contribution in [-0.2, 0) is 17.6 Å². The van der Waals surface area contributed by atoms with Crippen LogP contribution in [0.15, 0.2) is 65.2 Å². The summed E-state index contributed by atoms with van der Waals surface area (Å²) in [6.45, 7) is 1.98. The van der Waals surface area contributed by atoms with Crippen molar-refractivity contribution >= 4 is 5.91 Å². The van der Waals surface area contributed by atoms with E-state index in [9.17, 15) is 9.18 Å². The Labute approximate surface area is 152 Å². The van der Waals surface area contributed by atoms with E-state index in [1.165, 1.54) is 11.6 Å². The van der Waals surface area contributed by atoms with Gasteiger partial charge in [-0.15, -0.1) is 0 Å². The van der Waals surface area contributed by atoms with E-state index in [1.54, 1.807) is 24.3 Å². The van der Waals surface area contributed by atoms with Crippen LogP contribution >= 0.6 is 0 Å². The molecule has 0 aliphatic carbocycles. The van der Waals surface area contributed by atoms with Gasteiger partial charge in [0.15, 0.2) is 5.76 Å². The highest BCUT2D eigenvalue weighted by Gasteiger charge is 2.14. The van der Waals surface area contributed by atoms with Crippen LogP contribution in [0.25, 0.3) is 11.3 Å². The lowest BCUT2D eigenvalue weighted by Gasteiger charge is -2.13. The van der Waals surface area contributed by atoms with E-state index in [1.807, 2.05) is 25.1 Å². The molecule has 4 nitrogen and oxygen atoms in total. The highest BCUT2D eigenvalue weighted by atomic mass is 19.1. The van der Waals surface area contributed by atoms with E-state index in [0.29, 0.717) is 17.0 Å². The molecule has 1 unspecified atom stereocenters. The van der Waals surface area contributed by atoms with Crippen molar-refractivity contribution < 1.29 is 13.7 Å². The van der Waals surface area contributed by atoms with Crippen molar-refractivity contribution in [2.24, 2.45) is 0 Å². The number of halogens is 1. The molecule has 1 atom stereocenters. The standard InChI is InChI=1S/C21H21FN2O2/c1-15(11-12-16-7-3-2-4-8-16)23-21(25)14-17-13-20(26-24-17)18-9-5-6-10-19(18)22/h2-10,13,15H,11-12,14H2,1H3,(H,23,25). The first-order valence-electron chi connectivity index (χ1n) is 8.65. The second-order valence-corrected chi connectivity index (χ2v) is 6.33. The minimum atomic E-state index is -0.380. The van der Waals surface area contributed by atoms with Crippen molar-refractivity contribution in [3.05, 3.63) is 77.7 Å². The predicted octanol–water partition coefficient (Wildman–Crippen LogP) is 4.16. The molecule has 0 aliphatic rings. The molecule has 0 radical (unpaired) electrons. The first-order chi connectivity index (χ1) is 12.6. The number of benzene rings is 2. The molecule has 2 aromatic carbocycles. The Kier molecular flexibility index (Phi) is 5.79. The van der Waals surface area contributed by atoms with Crippen LogP contribution in [0.4, 0.5) is 4.39 Å². The topological polar surface area (TPSA) is 55.1 Å². The first-order valence-corrected chi connectivity index (χ1v) is 8.65. The van der Waals surface area contributed by atoms with Gasteiger partial charge in [0.05, 0.1) is 17.7 Å². The van der Waals surface area contributed by atoms with Gasteiger partial charge in [-0.3, -0.25) is 4.79 Å². The van der Waals surface area contributed by atoms with Gasteiger partial charge in [0.1, 0.15) is 5.82 Å². The van der Waals surface area contributed by atoms with Gasteiger partial charge in [-0.1, -0.05) is 47.6 Å². The van der Waals surface area contributed by atoms with Gasteiger partial charge in [-0.2, -0.15) is 0 Å². The average molecular weight is 352 g/mol. The van der Waals surface area contributed by atoms with Crippen LogP contribution in [-0.4, -0.2) is 17.1 Å². The summed E-state index contributed by atoms with van der Waals surface area (Å²) in [6.07, 6.45) is 1.87. The summed E-state index contributed by atoms with van der Waals surface area (Å²) in [6, 6.07) is 18.1.